The molecule has 1 saturated heterocycles. The minimum atomic E-state index is -4.49. The summed E-state index contributed by atoms with van der Waals surface area (Å²) in [5.74, 6) is -1.19. The van der Waals surface area contributed by atoms with Crippen molar-refractivity contribution in [2.45, 2.75) is 19.1 Å². The van der Waals surface area contributed by atoms with Gasteiger partial charge in [0.25, 0.3) is 6.47 Å². The van der Waals surface area contributed by atoms with Crippen molar-refractivity contribution >= 4 is 45.0 Å². The van der Waals surface area contributed by atoms with Crippen LogP contribution >= 0.6 is 11.3 Å². The van der Waals surface area contributed by atoms with Gasteiger partial charge in [-0.15, -0.1) is 0 Å². The summed E-state index contributed by atoms with van der Waals surface area (Å²) in [5, 5.41) is 7.42. The largest absolute Gasteiger partial charge is 0.483 e. The molecule has 1 fully saturated rings. The number of hydrogen-bond acceptors (Lipinski definition) is 5. The van der Waals surface area contributed by atoms with E-state index in [1.807, 2.05) is 24.3 Å². The van der Waals surface area contributed by atoms with Crippen LogP contribution < -0.4 is 4.90 Å². The van der Waals surface area contributed by atoms with Crippen molar-refractivity contribution < 1.29 is 32.7 Å². The number of para-hydroxylation sites is 1. The Labute approximate surface area is 191 Å². The van der Waals surface area contributed by atoms with Gasteiger partial charge in [0, 0.05) is 26.6 Å². The Balaban J connectivity index is 0.000000968. The van der Waals surface area contributed by atoms with Crippen LogP contribution in [0.15, 0.2) is 48.5 Å². The summed E-state index contributed by atoms with van der Waals surface area (Å²) in [6, 6.07) is 12.7. The Morgan fingerprint density at radius 2 is 1.88 bits per heavy atom. The molecule has 1 aromatic heterocycles. The first-order chi connectivity index (χ1) is 15.7. The van der Waals surface area contributed by atoms with Crippen LogP contribution in [0.4, 0.5) is 18.3 Å². The molecule has 0 radical (unpaired) electrons. The van der Waals surface area contributed by atoms with Crippen LogP contribution in [-0.2, 0) is 27.1 Å². The van der Waals surface area contributed by atoms with Crippen molar-refractivity contribution in [3.8, 4) is 0 Å². The summed E-state index contributed by atoms with van der Waals surface area (Å²) in [7, 11) is 1.46. The molecule has 2 aromatic carbocycles. The Kier molecular flexibility index (Phi) is 7.32. The monoisotopic (exact) mass is 479 g/mol. The van der Waals surface area contributed by atoms with E-state index in [1.165, 1.54) is 46.4 Å². The zero-order chi connectivity index (χ0) is 24.2. The molecular formula is C22H20F3N3O4S. The van der Waals surface area contributed by atoms with Gasteiger partial charge in [0.05, 0.1) is 21.7 Å². The smallest absolute Gasteiger partial charge is 0.416 e. The molecule has 1 atom stereocenters. The van der Waals surface area contributed by atoms with Gasteiger partial charge in [-0.1, -0.05) is 41.7 Å². The molecule has 3 aromatic rings. The van der Waals surface area contributed by atoms with Gasteiger partial charge in [0.15, 0.2) is 5.13 Å². The Morgan fingerprint density at radius 3 is 2.55 bits per heavy atom. The number of benzene rings is 2. The Bertz CT molecular complexity index is 1130. The van der Waals surface area contributed by atoms with E-state index in [1.54, 1.807) is 0 Å². The number of halogens is 3. The van der Waals surface area contributed by atoms with Gasteiger partial charge in [-0.05, 0) is 23.8 Å². The number of aromatic nitrogens is 1. The zero-order valence-corrected chi connectivity index (χ0v) is 18.3. The quantitative estimate of drug-likeness (QED) is 0.571. The van der Waals surface area contributed by atoms with Crippen molar-refractivity contribution in [1.82, 2.24) is 9.88 Å². The predicted octanol–water partition coefficient (Wildman–Crippen LogP) is 4.03. The van der Waals surface area contributed by atoms with Crippen LogP contribution in [0.25, 0.3) is 10.2 Å². The molecule has 0 saturated carbocycles. The topological polar surface area (TPSA) is 90.8 Å². The van der Waals surface area contributed by atoms with E-state index in [9.17, 15) is 22.8 Å². The number of fused-ring (bicyclic) bond motifs is 1. The van der Waals surface area contributed by atoms with Gasteiger partial charge in [-0.25, -0.2) is 4.98 Å². The minimum absolute atomic E-state index is 0.0139. The lowest BCUT2D eigenvalue weighted by Gasteiger charge is -2.23. The molecule has 0 bridgehead atoms. The van der Waals surface area contributed by atoms with Crippen LogP contribution in [0.1, 0.15) is 17.5 Å². The van der Waals surface area contributed by atoms with E-state index in [0.717, 1.165) is 16.3 Å². The van der Waals surface area contributed by atoms with Gasteiger partial charge < -0.3 is 10.0 Å². The van der Waals surface area contributed by atoms with E-state index in [-0.39, 0.29) is 43.4 Å². The van der Waals surface area contributed by atoms with Crippen LogP contribution in [0.3, 0.4) is 0 Å². The second-order valence-electron chi connectivity index (χ2n) is 7.32. The highest BCUT2D eigenvalue weighted by Gasteiger charge is 2.38. The lowest BCUT2D eigenvalue weighted by molar-refractivity contribution is -0.140. The molecular weight excluding hydrogens is 459 g/mol. The normalized spacial score (nSPS) is 15.8. The number of carbonyl (C=O) groups excluding carboxylic acids is 2. The highest BCUT2D eigenvalue weighted by molar-refractivity contribution is 7.22. The molecule has 33 heavy (non-hydrogen) atoms. The van der Waals surface area contributed by atoms with Gasteiger partial charge in [-0.3, -0.25) is 19.3 Å². The molecule has 2 amide bonds. The van der Waals surface area contributed by atoms with E-state index in [0.29, 0.717) is 5.13 Å². The van der Waals surface area contributed by atoms with E-state index in [4.69, 9.17) is 9.90 Å². The third-order valence-corrected chi connectivity index (χ3v) is 6.15. The average molecular weight is 479 g/mol. The molecule has 1 unspecified atom stereocenters. The maximum absolute atomic E-state index is 13.2. The highest BCUT2D eigenvalue weighted by atomic mass is 32.1. The van der Waals surface area contributed by atoms with Crippen LogP contribution in [0, 0.1) is 5.92 Å². The lowest BCUT2D eigenvalue weighted by Crippen LogP contribution is -2.34. The molecule has 4 rings (SSSR count). The summed E-state index contributed by atoms with van der Waals surface area (Å²) >= 11 is 1.37. The van der Waals surface area contributed by atoms with E-state index < -0.39 is 17.7 Å². The van der Waals surface area contributed by atoms with E-state index >= 15 is 0 Å². The fraction of sp³-hybridized carbons (Fsp3) is 0.273. The van der Waals surface area contributed by atoms with Gasteiger partial charge in [-0.2, -0.15) is 13.2 Å². The maximum atomic E-state index is 13.2. The van der Waals surface area contributed by atoms with Crippen molar-refractivity contribution in [1.29, 1.82) is 0 Å². The number of rotatable bonds is 4. The van der Waals surface area contributed by atoms with Crippen LogP contribution in [0.5, 0.6) is 0 Å². The molecule has 11 heteroatoms. The molecule has 1 aliphatic heterocycles. The number of alkyl halides is 3. The molecule has 2 heterocycles. The van der Waals surface area contributed by atoms with Gasteiger partial charge >= 0.3 is 6.18 Å². The fourth-order valence-corrected chi connectivity index (χ4v) is 4.61. The number of amides is 2. The number of anilines is 1. The first kappa shape index (κ1) is 24.2. The Morgan fingerprint density at radius 1 is 1.24 bits per heavy atom. The maximum Gasteiger partial charge on any atom is 0.416 e. The number of nitrogens with zero attached hydrogens (tertiary/aromatic N) is 3. The molecule has 0 aliphatic carbocycles. The zero-order valence-electron chi connectivity index (χ0n) is 17.5. The first-order valence-corrected chi connectivity index (χ1v) is 10.6. The summed E-state index contributed by atoms with van der Waals surface area (Å²) in [4.78, 5) is 40.9. The van der Waals surface area contributed by atoms with Crippen molar-refractivity contribution in [3.05, 3.63) is 59.7 Å². The highest BCUT2D eigenvalue weighted by Crippen LogP contribution is 2.34. The summed E-state index contributed by atoms with van der Waals surface area (Å²) < 4.78 is 40.6. The SMILES string of the molecule is CN(Cc1ccccc1C(F)(F)F)C(=O)C1CC(=O)N(c2nc3ccccc3s2)C1.O=CO. The molecule has 174 valence electrons. The summed E-state index contributed by atoms with van der Waals surface area (Å²) in [5.41, 5.74) is 0.0393. The first-order valence-electron chi connectivity index (χ1n) is 9.79. The Hall–Kier alpha value is -3.47. The number of hydrogen-bond donors (Lipinski definition) is 1. The number of carbonyl (C=O) groups is 3. The van der Waals surface area contributed by atoms with Crippen molar-refractivity contribution in [3.63, 3.8) is 0 Å². The van der Waals surface area contributed by atoms with Gasteiger partial charge in [0.2, 0.25) is 11.8 Å². The molecule has 1 aliphatic rings. The number of thiazole rings is 1. The standard InChI is InChI=1S/C21H18F3N3O2S.CH2O2/c1-26(11-13-6-2-3-7-15(13)21(22,23)24)19(29)14-10-18(28)27(12-14)20-25-16-8-4-5-9-17(16)30-20;2-1-3/h2-9,14H,10-12H2,1H3;1H,(H,2,3). The summed E-state index contributed by atoms with van der Waals surface area (Å²) in [6.07, 6.45) is -4.48. The lowest BCUT2D eigenvalue weighted by atomic mass is 10.0. The molecule has 1 N–H and O–H groups in total. The third kappa shape index (κ3) is 5.48. The third-order valence-electron chi connectivity index (χ3n) is 5.09. The fourth-order valence-electron chi connectivity index (χ4n) is 3.61. The second-order valence-corrected chi connectivity index (χ2v) is 8.33. The minimum Gasteiger partial charge on any atom is -0.483 e. The average Bonchev–Trinajstić information content (AvgIpc) is 3.36. The summed E-state index contributed by atoms with van der Waals surface area (Å²) in [6.45, 7) is -0.261. The molecule has 7 nitrogen and oxygen atoms in total. The van der Waals surface area contributed by atoms with Crippen LogP contribution in [0.2, 0.25) is 0 Å². The predicted molar refractivity (Wildman–Crippen MR) is 117 cm³/mol. The van der Waals surface area contributed by atoms with E-state index in [2.05, 4.69) is 4.98 Å². The van der Waals surface area contributed by atoms with Crippen LogP contribution in [-0.4, -0.2) is 46.9 Å². The van der Waals surface area contributed by atoms with Crippen molar-refractivity contribution in [2.75, 3.05) is 18.5 Å². The van der Waals surface area contributed by atoms with Gasteiger partial charge in [0.1, 0.15) is 0 Å². The second kappa shape index (κ2) is 9.99. The van der Waals surface area contributed by atoms with Crippen molar-refractivity contribution in [2.24, 2.45) is 5.92 Å². The molecule has 0 spiro atoms. The number of carboxylic acid groups (broad SMARTS) is 1.